The third-order valence-electron chi connectivity index (χ3n) is 4.13. The van der Waals surface area contributed by atoms with Crippen molar-refractivity contribution in [3.8, 4) is 11.8 Å². The van der Waals surface area contributed by atoms with Gasteiger partial charge in [-0.1, -0.05) is 38.0 Å². The van der Waals surface area contributed by atoms with Gasteiger partial charge in [-0.2, -0.15) is 0 Å². The second kappa shape index (κ2) is 7.80. The molecule has 1 saturated carbocycles. The fraction of sp³-hybridized carbons (Fsp3) is 0.529. The van der Waals surface area contributed by atoms with Crippen LogP contribution in [0.25, 0.3) is 0 Å². The van der Waals surface area contributed by atoms with Gasteiger partial charge in [0.2, 0.25) is 0 Å². The zero-order valence-electron chi connectivity index (χ0n) is 12.4. The van der Waals surface area contributed by atoms with E-state index in [0.717, 1.165) is 6.54 Å². The van der Waals surface area contributed by atoms with Crippen molar-refractivity contribution in [3.63, 3.8) is 0 Å². The maximum atomic E-state index is 12.2. The van der Waals surface area contributed by atoms with E-state index in [1.165, 1.54) is 25.7 Å². The molecule has 2 rings (SSSR count). The zero-order chi connectivity index (χ0) is 15.1. The number of nitrogens with one attached hydrogen (secondary N) is 1. The van der Waals surface area contributed by atoms with Crippen molar-refractivity contribution in [2.75, 3.05) is 13.2 Å². The Hall–Kier alpha value is -1.86. The predicted octanol–water partition coefficient (Wildman–Crippen LogP) is 1.98. The van der Waals surface area contributed by atoms with E-state index in [1.807, 2.05) is 0 Å². The van der Waals surface area contributed by atoms with Crippen LogP contribution in [0.1, 0.15) is 48.5 Å². The molecule has 0 aromatic carbocycles. The van der Waals surface area contributed by atoms with Crippen molar-refractivity contribution in [2.24, 2.45) is 11.8 Å². The number of carbonyl (C=O) groups is 1. The van der Waals surface area contributed by atoms with Crippen LogP contribution in [-0.4, -0.2) is 29.1 Å². The summed E-state index contributed by atoms with van der Waals surface area (Å²) in [6.45, 7) is 2.80. The number of aromatic nitrogens is 1. The molecule has 1 aliphatic carbocycles. The van der Waals surface area contributed by atoms with Gasteiger partial charge in [0.15, 0.2) is 0 Å². The summed E-state index contributed by atoms with van der Waals surface area (Å²) in [7, 11) is 0. The van der Waals surface area contributed by atoms with Gasteiger partial charge in [-0.3, -0.25) is 9.78 Å². The Balaban J connectivity index is 1.93. The third kappa shape index (κ3) is 4.57. The Bertz CT molecular complexity index is 545. The van der Waals surface area contributed by atoms with Gasteiger partial charge in [0.05, 0.1) is 5.56 Å². The van der Waals surface area contributed by atoms with Crippen molar-refractivity contribution in [1.82, 2.24) is 10.3 Å². The summed E-state index contributed by atoms with van der Waals surface area (Å²) in [5.41, 5.74) is 1.16. The van der Waals surface area contributed by atoms with Crippen LogP contribution in [0.15, 0.2) is 18.5 Å². The molecule has 1 aromatic heterocycles. The number of carbonyl (C=O) groups excluding carboxylic acids is 1. The number of rotatable bonds is 3. The predicted molar refractivity (Wildman–Crippen MR) is 81.7 cm³/mol. The van der Waals surface area contributed by atoms with E-state index in [-0.39, 0.29) is 12.5 Å². The number of amides is 1. The van der Waals surface area contributed by atoms with Gasteiger partial charge in [-0.15, -0.1) is 0 Å². The largest absolute Gasteiger partial charge is 0.384 e. The molecule has 0 spiro atoms. The number of aliphatic hydroxyl groups excluding tert-OH is 1. The highest BCUT2D eigenvalue weighted by Gasteiger charge is 2.21. The Labute approximate surface area is 126 Å². The second-order valence-electron chi connectivity index (χ2n) is 5.65. The van der Waals surface area contributed by atoms with Crippen molar-refractivity contribution < 1.29 is 9.90 Å². The van der Waals surface area contributed by atoms with E-state index in [4.69, 9.17) is 5.11 Å². The van der Waals surface area contributed by atoms with E-state index in [0.29, 0.717) is 23.0 Å². The zero-order valence-corrected chi connectivity index (χ0v) is 12.4. The lowest BCUT2D eigenvalue weighted by atomic mass is 9.80. The Morgan fingerprint density at radius 2 is 2.24 bits per heavy atom. The summed E-state index contributed by atoms with van der Waals surface area (Å²) in [5, 5.41) is 11.7. The fourth-order valence-corrected chi connectivity index (χ4v) is 2.80. The van der Waals surface area contributed by atoms with E-state index < -0.39 is 0 Å². The lowest BCUT2D eigenvalue weighted by Gasteiger charge is -2.28. The van der Waals surface area contributed by atoms with Crippen LogP contribution in [0.3, 0.4) is 0 Å². The number of pyridine rings is 1. The van der Waals surface area contributed by atoms with E-state index >= 15 is 0 Å². The summed E-state index contributed by atoms with van der Waals surface area (Å²) >= 11 is 0. The molecular weight excluding hydrogens is 264 g/mol. The highest BCUT2D eigenvalue weighted by atomic mass is 16.2. The molecule has 1 aliphatic rings. The van der Waals surface area contributed by atoms with Crippen LogP contribution in [0.4, 0.5) is 0 Å². The molecule has 1 amide bonds. The minimum absolute atomic E-state index is 0.104. The minimum Gasteiger partial charge on any atom is -0.384 e. The molecule has 0 saturated heterocycles. The van der Waals surface area contributed by atoms with Crippen molar-refractivity contribution >= 4 is 5.91 Å². The van der Waals surface area contributed by atoms with Crippen molar-refractivity contribution in [3.05, 3.63) is 29.6 Å². The lowest BCUT2D eigenvalue weighted by molar-refractivity contribution is 0.0936. The van der Waals surface area contributed by atoms with Gasteiger partial charge in [0, 0.05) is 24.5 Å². The average Bonchev–Trinajstić information content (AvgIpc) is 2.52. The van der Waals surface area contributed by atoms with Gasteiger partial charge in [-0.05, 0) is 24.3 Å². The highest BCUT2D eigenvalue weighted by molar-refractivity contribution is 5.94. The third-order valence-corrected chi connectivity index (χ3v) is 4.13. The Kier molecular flexibility index (Phi) is 5.77. The van der Waals surface area contributed by atoms with E-state index in [9.17, 15) is 4.79 Å². The van der Waals surface area contributed by atoms with Crippen molar-refractivity contribution in [1.29, 1.82) is 0 Å². The van der Waals surface area contributed by atoms with Crippen LogP contribution < -0.4 is 5.32 Å². The molecule has 1 heterocycles. The maximum absolute atomic E-state index is 12.2. The molecule has 4 nitrogen and oxygen atoms in total. The maximum Gasteiger partial charge on any atom is 0.252 e. The fourth-order valence-electron chi connectivity index (χ4n) is 2.80. The molecular formula is C17H22N2O2. The molecule has 0 bridgehead atoms. The first-order chi connectivity index (χ1) is 10.2. The summed E-state index contributed by atoms with van der Waals surface area (Å²) in [4.78, 5) is 16.2. The van der Waals surface area contributed by atoms with Gasteiger partial charge in [0.1, 0.15) is 6.61 Å². The average molecular weight is 286 g/mol. The summed E-state index contributed by atoms with van der Waals surface area (Å²) < 4.78 is 0. The summed E-state index contributed by atoms with van der Waals surface area (Å²) in [5.74, 6) is 6.47. The molecule has 0 aliphatic heterocycles. The molecule has 4 heteroatoms. The van der Waals surface area contributed by atoms with Crippen LogP contribution in [0.2, 0.25) is 0 Å². The van der Waals surface area contributed by atoms with Crippen LogP contribution >= 0.6 is 0 Å². The first-order valence-corrected chi connectivity index (χ1v) is 7.53. The number of hydrogen-bond donors (Lipinski definition) is 2. The quantitative estimate of drug-likeness (QED) is 0.835. The highest BCUT2D eigenvalue weighted by Crippen LogP contribution is 2.28. The topological polar surface area (TPSA) is 62.2 Å². The molecule has 112 valence electrons. The number of nitrogens with zero attached hydrogens (tertiary/aromatic N) is 1. The standard InChI is InChI=1S/C17H22N2O2/c1-13-5-2-3-7-15(13)12-19-17(21)16-9-14(6-4-8-20)10-18-11-16/h9-11,13,15,20H,2-3,5,7-8,12H2,1H3,(H,19,21). The summed E-state index contributed by atoms with van der Waals surface area (Å²) in [6, 6.07) is 1.70. The number of aliphatic hydroxyl groups is 1. The van der Waals surface area contributed by atoms with Gasteiger partial charge < -0.3 is 10.4 Å². The number of hydrogen-bond acceptors (Lipinski definition) is 3. The Morgan fingerprint density at radius 3 is 3.00 bits per heavy atom. The Morgan fingerprint density at radius 1 is 1.43 bits per heavy atom. The smallest absolute Gasteiger partial charge is 0.252 e. The molecule has 2 unspecified atom stereocenters. The molecule has 21 heavy (non-hydrogen) atoms. The molecule has 2 N–H and O–H groups in total. The van der Waals surface area contributed by atoms with Gasteiger partial charge in [0.25, 0.3) is 5.91 Å². The monoisotopic (exact) mass is 286 g/mol. The van der Waals surface area contributed by atoms with E-state index in [2.05, 4.69) is 29.1 Å². The van der Waals surface area contributed by atoms with Crippen LogP contribution in [0.5, 0.6) is 0 Å². The van der Waals surface area contributed by atoms with Gasteiger partial charge >= 0.3 is 0 Å². The molecule has 2 atom stereocenters. The van der Waals surface area contributed by atoms with E-state index in [1.54, 1.807) is 18.5 Å². The van der Waals surface area contributed by atoms with Crippen LogP contribution in [-0.2, 0) is 0 Å². The SMILES string of the molecule is CC1CCCCC1CNC(=O)c1cncc(C#CCO)c1. The molecule has 0 radical (unpaired) electrons. The minimum atomic E-state index is -0.198. The second-order valence-corrected chi connectivity index (χ2v) is 5.65. The first kappa shape index (κ1) is 15.5. The van der Waals surface area contributed by atoms with Gasteiger partial charge in [-0.25, -0.2) is 0 Å². The van der Waals surface area contributed by atoms with Crippen molar-refractivity contribution in [2.45, 2.75) is 32.6 Å². The van der Waals surface area contributed by atoms with Crippen LogP contribution in [0, 0.1) is 23.7 Å². The normalized spacial score (nSPS) is 21.2. The first-order valence-electron chi connectivity index (χ1n) is 7.53. The lowest BCUT2D eigenvalue weighted by Crippen LogP contribution is -2.33. The molecule has 1 fully saturated rings. The molecule has 1 aromatic rings. The summed E-state index contributed by atoms with van der Waals surface area (Å²) in [6.07, 6.45) is 8.15.